The summed E-state index contributed by atoms with van der Waals surface area (Å²) in [6.07, 6.45) is 0. The highest BCUT2D eigenvalue weighted by atomic mass is 32.2. The third-order valence-corrected chi connectivity index (χ3v) is 6.73. The number of halogens is 2. The van der Waals surface area contributed by atoms with Gasteiger partial charge in [0.15, 0.2) is 0 Å². The molecular weight excluding hydrogens is 412 g/mol. The van der Waals surface area contributed by atoms with Crippen LogP contribution < -0.4 is 9.46 Å². The van der Waals surface area contributed by atoms with Gasteiger partial charge in [-0.2, -0.15) is 0 Å². The number of hydrogen-bond acceptors (Lipinski definition) is 5. The number of ether oxygens (including phenoxy) is 1. The summed E-state index contributed by atoms with van der Waals surface area (Å²) in [5.74, 6) is -3.16. The molecule has 0 bridgehead atoms. The SMILES string of the molecule is COc1cc(C(=O)O)c(F)cc1NS(=O)(=O)c1ccc(-c2ccc(F)cc2)s1. The summed E-state index contributed by atoms with van der Waals surface area (Å²) in [4.78, 5) is 11.6. The fourth-order valence-corrected chi connectivity index (χ4v) is 4.77. The molecule has 0 radical (unpaired) electrons. The Bertz CT molecular complexity index is 1140. The normalized spacial score (nSPS) is 11.2. The van der Waals surface area contributed by atoms with Crippen LogP contribution in [0.15, 0.2) is 52.7 Å². The first kappa shape index (κ1) is 19.8. The van der Waals surface area contributed by atoms with E-state index >= 15 is 0 Å². The summed E-state index contributed by atoms with van der Waals surface area (Å²) in [6.45, 7) is 0. The molecule has 2 aromatic carbocycles. The first-order valence-corrected chi connectivity index (χ1v) is 10.0. The largest absolute Gasteiger partial charge is 0.495 e. The molecule has 0 unspecified atom stereocenters. The number of hydrogen-bond donors (Lipinski definition) is 2. The lowest BCUT2D eigenvalue weighted by Gasteiger charge is -2.12. The number of anilines is 1. The number of nitrogens with one attached hydrogen (secondary N) is 1. The first-order valence-electron chi connectivity index (χ1n) is 7.70. The Balaban J connectivity index is 1.93. The molecule has 0 saturated carbocycles. The summed E-state index contributed by atoms with van der Waals surface area (Å²) in [5.41, 5.74) is -0.237. The average molecular weight is 425 g/mol. The Labute approximate surface area is 163 Å². The molecule has 0 atom stereocenters. The molecule has 0 fully saturated rings. The number of thiophene rings is 1. The van der Waals surface area contributed by atoms with E-state index in [1.165, 1.54) is 37.4 Å². The average Bonchev–Trinajstić information content (AvgIpc) is 3.13. The van der Waals surface area contributed by atoms with Crippen molar-refractivity contribution in [1.82, 2.24) is 0 Å². The van der Waals surface area contributed by atoms with Gasteiger partial charge in [0, 0.05) is 10.9 Å². The Morgan fingerprint density at radius 3 is 2.39 bits per heavy atom. The summed E-state index contributed by atoms with van der Waals surface area (Å²) in [6, 6.07) is 10.1. The molecule has 0 saturated heterocycles. The number of carboxylic acid groups (broad SMARTS) is 1. The molecule has 0 aliphatic heterocycles. The van der Waals surface area contributed by atoms with Crippen LogP contribution >= 0.6 is 11.3 Å². The van der Waals surface area contributed by atoms with Gasteiger partial charge in [-0.25, -0.2) is 22.0 Å². The zero-order valence-electron chi connectivity index (χ0n) is 14.3. The van der Waals surface area contributed by atoms with Crippen LogP contribution in [0.25, 0.3) is 10.4 Å². The van der Waals surface area contributed by atoms with E-state index in [1.807, 2.05) is 0 Å². The second-order valence-corrected chi connectivity index (χ2v) is 8.56. The molecule has 146 valence electrons. The minimum Gasteiger partial charge on any atom is -0.495 e. The molecule has 0 amide bonds. The molecular formula is C18H13F2NO5S2. The van der Waals surface area contributed by atoms with Gasteiger partial charge in [0.25, 0.3) is 10.0 Å². The summed E-state index contributed by atoms with van der Waals surface area (Å²) in [7, 11) is -2.89. The predicted molar refractivity (Wildman–Crippen MR) is 100 cm³/mol. The molecule has 1 aromatic heterocycles. The Kier molecular flexibility index (Phi) is 5.34. The lowest BCUT2D eigenvalue weighted by Crippen LogP contribution is -2.13. The van der Waals surface area contributed by atoms with Crippen LogP contribution in [0.5, 0.6) is 5.75 Å². The maximum atomic E-state index is 14.0. The number of benzene rings is 2. The lowest BCUT2D eigenvalue weighted by atomic mass is 10.2. The van der Waals surface area contributed by atoms with Crippen molar-refractivity contribution in [3.63, 3.8) is 0 Å². The smallest absolute Gasteiger partial charge is 0.338 e. The standard InChI is InChI=1S/C18H13F2NO5S2/c1-26-15-8-12(18(22)23)13(20)9-14(15)21-28(24,25)17-7-6-16(27-17)10-2-4-11(19)5-3-10/h2-9,21H,1H3,(H,22,23). The molecule has 2 N–H and O–H groups in total. The van der Waals surface area contributed by atoms with E-state index in [4.69, 9.17) is 9.84 Å². The highest BCUT2D eigenvalue weighted by Crippen LogP contribution is 2.34. The Morgan fingerprint density at radius 1 is 1.11 bits per heavy atom. The number of methoxy groups -OCH3 is 1. The molecule has 1 heterocycles. The minimum atomic E-state index is -4.09. The van der Waals surface area contributed by atoms with Crippen LogP contribution in [-0.2, 0) is 10.0 Å². The van der Waals surface area contributed by atoms with Crippen molar-refractivity contribution in [2.45, 2.75) is 4.21 Å². The van der Waals surface area contributed by atoms with E-state index in [0.717, 1.165) is 23.5 Å². The van der Waals surface area contributed by atoms with Crippen molar-refractivity contribution in [2.24, 2.45) is 0 Å². The van der Waals surface area contributed by atoms with Crippen molar-refractivity contribution in [3.8, 4) is 16.2 Å². The monoisotopic (exact) mass is 425 g/mol. The zero-order valence-corrected chi connectivity index (χ0v) is 15.9. The van der Waals surface area contributed by atoms with E-state index in [-0.39, 0.29) is 15.6 Å². The molecule has 0 aliphatic carbocycles. The molecule has 3 aromatic rings. The van der Waals surface area contributed by atoms with E-state index in [2.05, 4.69) is 4.72 Å². The Morgan fingerprint density at radius 2 is 1.79 bits per heavy atom. The number of carboxylic acids is 1. The highest BCUT2D eigenvalue weighted by molar-refractivity contribution is 7.94. The van der Waals surface area contributed by atoms with Crippen LogP contribution in [-0.4, -0.2) is 26.6 Å². The fourth-order valence-electron chi connectivity index (χ4n) is 2.39. The van der Waals surface area contributed by atoms with Crippen LogP contribution in [0.1, 0.15) is 10.4 Å². The van der Waals surface area contributed by atoms with Crippen LogP contribution in [0.3, 0.4) is 0 Å². The maximum Gasteiger partial charge on any atom is 0.338 e. The minimum absolute atomic E-state index is 0.0587. The van der Waals surface area contributed by atoms with Crippen molar-refractivity contribution < 1.29 is 31.8 Å². The highest BCUT2D eigenvalue weighted by Gasteiger charge is 2.22. The van der Waals surface area contributed by atoms with Gasteiger partial charge in [0.2, 0.25) is 0 Å². The van der Waals surface area contributed by atoms with Gasteiger partial charge >= 0.3 is 5.97 Å². The molecule has 6 nitrogen and oxygen atoms in total. The Hall–Kier alpha value is -2.98. The first-order chi connectivity index (χ1) is 13.2. The van der Waals surface area contributed by atoms with Gasteiger partial charge in [-0.15, -0.1) is 11.3 Å². The van der Waals surface area contributed by atoms with Crippen molar-refractivity contribution in [3.05, 3.63) is 65.7 Å². The van der Waals surface area contributed by atoms with E-state index in [0.29, 0.717) is 10.4 Å². The van der Waals surface area contributed by atoms with E-state index in [9.17, 15) is 22.0 Å². The summed E-state index contributed by atoms with van der Waals surface area (Å²) >= 11 is 0.942. The van der Waals surface area contributed by atoms with Gasteiger partial charge in [-0.1, -0.05) is 12.1 Å². The van der Waals surface area contributed by atoms with E-state index in [1.54, 1.807) is 6.07 Å². The molecule has 0 aliphatic rings. The van der Waals surface area contributed by atoms with Gasteiger partial charge < -0.3 is 9.84 Å². The molecule has 0 spiro atoms. The van der Waals surface area contributed by atoms with Crippen LogP contribution in [0.4, 0.5) is 14.5 Å². The third kappa shape index (κ3) is 3.97. The van der Waals surface area contributed by atoms with Gasteiger partial charge in [-0.05, 0) is 35.9 Å². The lowest BCUT2D eigenvalue weighted by molar-refractivity contribution is 0.0691. The second-order valence-electron chi connectivity index (χ2n) is 5.57. The quantitative estimate of drug-likeness (QED) is 0.618. The number of rotatable bonds is 6. The number of carbonyl (C=O) groups is 1. The maximum absolute atomic E-state index is 14.0. The number of sulfonamides is 1. The summed E-state index contributed by atoms with van der Waals surface area (Å²) < 4.78 is 59.4. The van der Waals surface area contributed by atoms with Gasteiger partial charge in [0.1, 0.15) is 21.6 Å². The van der Waals surface area contributed by atoms with Crippen LogP contribution in [0.2, 0.25) is 0 Å². The molecule has 10 heteroatoms. The third-order valence-electron chi connectivity index (χ3n) is 3.74. The number of aromatic carboxylic acids is 1. The van der Waals surface area contributed by atoms with Crippen molar-refractivity contribution in [2.75, 3.05) is 11.8 Å². The summed E-state index contributed by atoms with van der Waals surface area (Å²) in [5, 5.41) is 8.96. The predicted octanol–water partition coefficient (Wildman–Crippen LogP) is 4.20. The van der Waals surface area contributed by atoms with Crippen molar-refractivity contribution in [1.29, 1.82) is 0 Å². The van der Waals surface area contributed by atoms with Gasteiger partial charge in [0.05, 0.1) is 18.4 Å². The van der Waals surface area contributed by atoms with Crippen molar-refractivity contribution >= 4 is 33.0 Å². The van der Waals surface area contributed by atoms with Crippen LogP contribution in [0, 0.1) is 11.6 Å². The fraction of sp³-hybridized carbons (Fsp3) is 0.0556. The zero-order chi connectivity index (χ0) is 20.5. The second kappa shape index (κ2) is 7.56. The van der Waals surface area contributed by atoms with Gasteiger partial charge in [-0.3, -0.25) is 4.72 Å². The topological polar surface area (TPSA) is 92.7 Å². The molecule has 28 heavy (non-hydrogen) atoms. The van der Waals surface area contributed by atoms with E-state index < -0.39 is 33.2 Å². The molecule has 3 rings (SSSR count).